The highest BCUT2D eigenvalue weighted by Gasteiger charge is 2.42. The van der Waals surface area contributed by atoms with Crippen LogP contribution in [0, 0.1) is 6.92 Å². The number of hydrogen-bond donors (Lipinski definition) is 2. The second-order valence-electron chi connectivity index (χ2n) is 11.9. The predicted molar refractivity (Wildman–Crippen MR) is 156 cm³/mol. The Balaban J connectivity index is 1.10. The van der Waals surface area contributed by atoms with E-state index in [0.717, 1.165) is 75.4 Å². The first-order valence-electron chi connectivity index (χ1n) is 14.8. The Morgan fingerprint density at radius 2 is 1.77 bits per heavy atom. The summed E-state index contributed by atoms with van der Waals surface area (Å²) < 4.78 is 0. The molecule has 2 atom stereocenters. The first-order chi connectivity index (χ1) is 19.4. The smallest absolute Gasteiger partial charge is 0.271 e. The van der Waals surface area contributed by atoms with Crippen LogP contribution < -0.4 is 16.0 Å². The molecule has 0 unspecified atom stereocenters. The molecule has 0 radical (unpaired) electrons. The second kappa shape index (κ2) is 11.6. The lowest BCUT2D eigenvalue weighted by Gasteiger charge is -2.54. The van der Waals surface area contributed by atoms with E-state index in [1.807, 2.05) is 19.1 Å². The van der Waals surface area contributed by atoms with Gasteiger partial charge in [-0.3, -0.25) is 19.4 Å². The van der Waals surface area contributed by atoms with Crippen LogP contribution in [0.15, 0.2) is 24.4 Å². The summed E-state index contributed by atoms with van der Waals surface area (Å²) in [5.41, 5.74) is 8.34. The molecule has 40 heavy (non-hydrogen) atoms. The van der Waals surface area contributed by atoms with Crippen molar-refractivity contribution in [1.82, 2.24) is 25.1 Å². The third-order valence-corrected chi connectivity index (χ3v) is 9.45. The van der Waals surface area contributed by atoms with E-state index in [4.69, 9.17) is 22.3 Å². The van der Waals surface area contributed by atoms with Crippen molar-refractivity contribution in [2.45, 2.75) is 89.0 Å². The van der Waals surface area contributed by atoms with Gasteiger partial charge in [0.1, 0.15) is 11.5 Å². The maximum atomic E-state index is 12.5. The average Bonchev–Trinajstić information content (AvgIpc) is 3.78. The molecule has 1 aromatic heterocycles. The van der Waals surface area contributed by atoms with Gasteiger partial charge < -0.3 is 16.0 Å². The number of aryl methyl sites for hydroxylation is 1. The molecule has 6 rings (SSSR count). The van der Waals surface area contributed by atoms with Crippen molar-refractivity contribution in [3.05, 3.63) is 51.9 Å². The number of nitrogens with zero attached hydrogens (tertiary/aromatic N) is 5. The first kappa shape index (κ1) is 27.4. The van der Waals surface area contributed by atoms with Gasteiger partial charge in [-0.25, -0.2) is 9.97 Å². The molecule has 2 amide bonds. The van der Waals surface area contributed by atoms with Crippen molar-refractivity contribution in [2.24, 2.45) is 5.73 Å². The Kier molecular flexibility index (Phi) is 7.97. The number of hydrogen-bond acceptors (Lipinski definition) is 7. The number of rotatable bonds is 7. The van der Waals surface area contributed by atoms with Crippen LogP contribution in [-0.4, -0.2) is 81.9 Å². The summed E-state index contributed by atoms with van der Waals surface area (Å²) in [6, 6.07) is 7.24. The van der Waals surface area contributed by atoms with E-state index < -0.39 is 5.91 Å². The Morgan fingerprint density at radius 3 is 2.48 bits per heavy atom. The maximum Gasteiger partial charge on any atom is 0.271 e. The van der Waals surface area contributed by atoms with Gasteiger partial charge in [-0.15, -0.1) is 0 Å². The van der Waals surface area contributed by atoms with E-state index in [1.54, 1.807) is 12.3 Å². The van der Waals surface area contributed by atoms with E-state index >= 15 is 0 Å². The molecule has 0 spiro atoms. The molecule has 9 nitrogen and oxygen atoms in total. The summed E-state index contributed by atoms with van der Waals surface area (Å²) in [5.74, 6) is 0.394. The topological polar surface area (TPSA) is 108 Å². The van der Waals surface area contributed by atoms with Crippen LogP contribution in [0.25, 0.3) is 0 Å². The van der Waals surface area contributed by atoms with Gasteiger partial charge in [0.2, 0.25) is 5.91 Å². The quantitative estimate of drug-likeness (QED) is 0.529. The molecule has 3 heterocycles. The summed E-state index contributed by atoms with van der Waals surface area (Å²) in [5, 5.41) is 3.55. The molecule has 10 heteroatoms. The zero-order valence-electron chi connectivity index (χ0n) is 23.3. The molecule has 4 fully saturated rings. The van der Waals surface area contributed by atoms with Gasteiger partial charge in [-0.1, -0.05) is 30.5 Å². The van der Waals surface area contributed by atoms with Crippen molar-refractivity contribution in [1.29, 1.82) is 0 Å². The average molecular weight is 566 g/mol. The van der Waals surface area contributed by atoms with E-state index in [2.05, 4.69) is 25.0 Å². The molecular formula is C30H40ClN7O2. The highest BCUT2D eigenvalue weighted by Crippen LogP contribution is 2.36. The number of nitrogens with two attached hydrogens (primary N) is 1. The minimum Gasteiger partial charge on any atom is -0.366 e. The van der Waals surface area contributed by atoms with E-state index in [1.165, 1.54) is 19.3 Å². The molecule has 2 saturated heterocycles. The number of nitrogens with one attached hydrogen (secondary N) is 1. The normalized spacial score (nSPS) is 24.5. The number of carbonyl (C=O) groups excluding carboxylic acids is 2. The van der Waals surface area contributed by atoms with Gasteiger partial charge in [-0.05, 0) is 76.2 Å². The monoisotopic (exact) mass is 565 g/mol. The van der Waals surface area contributed by atoms with Crippen LogP contribution in [0.1, 0.15) is 83.5 Å². The highest BCUT2D eigenvalue weighted by atomic mass is 35.5. The van der Waals surface area contributed by atoms with Crippen LogP contribution >= 0.6 is 11.6 Å². The van der Waals surface area contributed by atoms with Crippen LogP contribution in [0.5, 0.6) is 0 Å². The zero-order chi connectivity index (χ0) is 27.8. The number of amides is 2. The molecule has 4 aliphatic rings. The van der Waals surface area contributed by atoms with Crippen LogP contribution in [0.3, 0.4) is 0 Å². The summed E-state index contributed by atoms with van der Waals surface area (Å²) >= 11 is 6.11. The Hall–Kier alpha value is -2.75. The number of carbonyl (C=O) groups is 2. The fourth-order valence-corrected chi connectivity index (χ4v) is 7.20. The summed E-state index contributed by atoms with van der Waals surface area (Å²) in [6.07, 6.45) is 10.9. The van der Waals surface area contributed by atoms with Crippen LogP contribution in [-0.2, 0) is 6.54 Å². The van der Waals surface area contributed by atoms with E-state index in [0.29, 0.717) is 47.0 Å². The first-order valence-corrected chi connectivity index (χ1v) is 15.2. The van der Waals surface area contributed by atoms with Crippen LogP contribution in [0.4, 0.5) is 5.82 Å². The van der Waals surface area contributed by atoms with E-state index in [9.17, 15) is 9.59 Å². The molecule has 2 aromatic rings. The molecule has 214 valence electrons. The third-order valence-electron chi connectivity index (χ3n) is 9.21. The van der Waals surface area contributed by atoms with Crippen LogP contribution in [0.2, 0.25) is 5.02 Å². The largest absolute Gasteiger partial charge is 0.366 e. The van der Waals surface area contributed by atoms with Crippen molar-refractivity contribution in [3.8, 4) is 0 Å². The van der Waals surface area contributed by atoms with Gasteiger partial charge >= 0.3 is 0 Å². The summed E-state index contributed by atoms with van der Waals surface area (Å²) in [4.78, 5) is 41.6. The number of likely N-dealkylation sites (tertiary alicyclic amines) is 1. The number of primary amides is 1. The Bertz CT molecular complexity index is 1260. The van der Waals surface area contributed by atoms with Gasteiger partial charge in [0.25, 0.3) is 5.91 Å². The lowest BCUT2D eigenvalue weighted by Crippen LogP contribution is -2.64. The van der Waals surface area contributed by atoms with Gasteiger partial charge in [-0.2, -0.15) is 0 Å². The minimum atomic E-state index is -0.426. The number of aromatic nitrogens is 2. The standard InChI is InChI=1S/C30H40ClN7O2/c1-19-29(33-17-25(34-19)30(40)35-22-8-9-22)38-15-14-37(26-4-2-3-5-27(26)38)23-10-12-36(13-11-23)18-20-6-7-21(31)16-24(20)28(32)39/h6-7,16-17,22-23,26-27H,2-5,8-15,18H2,1H3,(H2,32,39)(H,35,40)/t26-,27+/m0/s1. The SMILES string of the molecule is Cc1nc(C(=O)NC2CC2)cnc1N1CCN(C2CCN(Cc3ccc(Cl)cc3C(N)=O)CC2)[C@H]2CCCC[C@H]21. The third kappa shape index (κ3) is 5.83. The van der Waals surface area contributed by atoms with Crippen molar-refractivity contribution in [3.63, 3.8) is 0 Å². The number of benzene rings is 1. The lowest BCUT2D eigenvalue weighted by atomic mass is 9.84. The Labute approximate surface area is 241 Å². The number of anilines is 1. The Morgan fingerprint density at radius 1 is 1.02 bits per heavy atom. The van der Waals surface area contributed by atoms with Gasteiger partial charge in [0.05, 0.1) is 11.9 Å². The molecule has 2 saturated carbocycles. The second-order valence-corrected chi connectivity index (χ2v) is 12.4. The predicted octanol–water partition coefficient (Wildman–Crippen LogP) is 3.53. The fourth-order valence-electron chi connectivity index (χ4n) is 7.03. The number of halogens is 1. The van der Waals surface area contributed by atoms with Gasteiger partial charge in [0, 0.05) is 54.4 Å². The summed E-state index contributed by atoms with van der Waals surface area (Å²) in [7, 11) is 0. The van der Waals surface area contributed by atoms with Crippen molar-refractivity contribution >= 4 is 29.2 Å². The molecule has 3 N–H and O–H groups in total. The lowest BCUT2D eigenvalue weighted by molar-refractivity contribution is 0.0299. The van der Waals surface area contributed by atoms with Crippen molar-refractivity contribution < 1.29 is 9.59 Å². The molecule has 2 aliphatic carbocycles. The molecule has 0 bridgehead atoms. The number of fused-ring (bicyclic) bond motifs is 1. The maximum absolute atomic E-state index is 12.5. The fraction of sp³-hybridized carbons (Fsp3) is 0.600. The van der Waals surface area contributed by atoms with E-state index in [-0.39, 0.29) is 5.91 Å². The summed E-state index contributed by atoms with van der Waals surface area (Å²) in [6.45, 7) is 6.64. The number of piperidine rings is 1. The molecular weight excluding hydrogens is 526 g/mol. The number of piperazine rings is 1. The molecule has 2 aliphatic heterocycles. The van der Waals surface area contributed by atoms with Crippen molar-refractivity contribution in [2.75, 3.05) is 31.1 Å². The highest BCUT2D eigenvalue weighted by molar-refractivity contribution is 6.31. The minimum absolute atomic E-state index is 0.113. The van der Waals surface area contributed by atoms with Gasteiger partial charge in [0.15, 0.2) is 0 Å². The zero-order valence-corrected chi connectivity index (χ0v) is 24.1. The molecule has 1 aromatic carbocycles.